The van der Waals surface area contributed by atoms with Crippen LogP contribution in [0.15, 0.2) is 0 Å². The molecule has 1 fully saturated rings. The zero-order valence-corrected chi connectivity index (χ0v) is 10.6. The SMILES string of the molecule is CC(CCCC(=O)O)NC(=O)N(C)CC1CC1. The van der Waals surface area contributed by atoms with Crippen LogP contribution in [0.5, 0.6) is 0 Å². The van der Waals surface area contributed by atoms with E-state index in [1.54, 1.807) is 11.9 Å². The molecule has 2 amide bonds. The molecule has 5 nitrogen and oxygen atoms in total. The van der Waals surface area contributed by atoms with Crippen molar-refractivity contribution in [3.63, 3.8) is 0 Å². The predicted octanol–water partition coefficient (Wildman–Crippen LogP) is 1.68. The van der Waals surface area contributed by atoms with E-state index in [4.69, 9.17) is 5.11 Å². The zero-order chi connectivity index (χ0) is 12.8. The maximum atomic E-state index is 11.7. The van der Waals surface area contributed by atoms with Gasteiger partial charge in [-0.15, -0.1) is 0 Å². The molecule has 0 heterocycles. The molecule has 1 saturated carbocycles. The summed E-state index contributed by atoms with van der Waals surface area (Å²) in [5.41, 5.74) is 0. The first-order valence-electron chi connectivity index (χ1n) is 6.22. The van der Waals surface area contributed by atoms with E-state index in [0.717, 1.165) is 6.54 Å². The second kappa shape index (κ2) is 6.47. The number of carboxylic acids is 1. The highest BCUT2D eigenvalue weighted by atomic mass is 16.4. The molecule has 0 spiro atoms. The first kappa shape index (κ1) is 13.8. The van der Waals surface area contributed by atoms with Gasteiger partial charge in [0, 0.05) is 26.1 Å². The molecule has 98 valence electrons. The standard InChI is InChI=1S/C12H22N2O3/c1-9(4-3-5-11(15)16)13-12(17)14(2)8-10-6-7-10/h9-10H,3-8H2,1-2H3,(H,13,17)(H,15,16). The fourth-order valence-corrected chi connectivity index (χ4v) is 1.72. The van der Waals surface area contributed by atoms with Crippen LogP contribution in [0.1, 0.15) is 39.0 Å². The number of nitrogens with zero attached hydrogens (tertiary/aromatic N) is 1. The van der Waals surface area contributed by atoms with Crippen LogP contribution in [0.25, 0.3) is 0 Å². The Kier molecular flexibility index (Phi) is 5.25. The minimum absolute atomic E-state index is 0.0310. The van der Waals surface area contributed by atoms with Crippen LogP contribution in [0, 0.1) is 5.92 Å². The fraction of sp³-hybridized carbons (Fsp3) is 0.833. The van der Waals surface area contributed by atoms with E-state index in [2.05, 4.69) is 5.32 Å². The van der Waals surface area contributed by atoms with Gasteiger partial charge in [0.2, 0.25) is 0 Å². The molecule has 1 aliphatic rings. The highest BCUT2D eigenvalue weighted by Crippen LogP contribution is 2.29. The summed E-state index contributed by atoms with van der Waals surface area (Å²) in [7, 11) is 1.80. The highest BCUT2D eigenvalue weighted by Gasteiger charge is 2.25. The number of carbonyl (C=O) groups excluding carboxylic acids is 1. The Morgan fingerprint density at radius 3 is 2.65 bits per heavy atom. The van der Waals surface area contributed by atoms with E-state index in [9.17, 15) is 9.59 Å². The maximum Gasteiger partial charge on any atom is 0.317 e. The van der Waals surface area contributed by atoms with Crippen LogP contribution in [0.3, 0.4) is 0 Å². The van der Waals surface area contributed by atoms with Crippen LogP contribution in [-0.4, -0.2) is 41.6 Å². The molecule has 1 rings (SSSR count). The number of carbonyl (C=O) groups is 2. The molecule has 0 aliphatic heterocycles. The highest BCUT2D eigenvalue weighted by molar-refractivity contribution is 5.74. The van der Waals surface area contributed by atoms with Crippen molar-refractivity contribution >= 4 is 12.0 Å². The summed E-state index contributed by atoms with van der Waals surface area (Å²) in [5, 5.41) is 11.4. The molecule has 2 N–H and O–H groups in total. The van der Waals surface area contributed by atoms with Gasteiger partial charge in [0.25, 0.3) is 0 Å². The molecule has 0 aromatic heterocycles. The normalized spacial score (nSPS) is 16.4. The molecule has 0 radical (unpaired) electrons. The Morgan fingerprint density at radius 2 is 2.12 bits per heavy atom. The van der Waals surface area contributed by atoms with Crippen molar-refractivity contribution in [3.8, 4) is 0 Å². The molecular weight excluding hydrogens is 220 g/mol. The lowest BCUT2D eigenvalue weighted by molar-refractivity contribution is -0.137. The summed E-state index contributed by atoms with van der Waals surface area (Å²) < 4.78 is 0. The molecule has 0 aromatic rings. The topological polar surface area (TPSA) is 69.6 Å². The van der Waals surface area contributed by atoms with Crippen molar-refractivity contribution in [2.75, 3.05) is 13.6 Å². The molecule has 1 unspecified atom stereocenters. The fourth-order valence-electron chi connectivity index (χ4n) is 1.72. The van der Waals surface area contributed by atoms with Crippen molar-refractivity contribution in [1.82, 2.24) is 10.2 Å². The molecule has 0 saturated heterocycles. The van der Waals surface area contributed by atoms with Crippen molar-refractivity contribution < 1.29 is 14.7 Å². The van der Waals surface area contributed by atoms with E-state index in [-0.39, 0.29) is 18.5 Å². The molecule has 0 bridgehead atoms. The zero-order valence-electron chi connectivity index (χ0n) is 10.6. The Morgan fingerprint density at radius 1 is 1.47 bits per heavy atom. The summed E-state index contributed by atoms with van der Waals surface area (Å²) in [6, 6.07) is -0.0248. The summed E-state index contributed by atoms with van der Waals surface area (Å²) in [5.74, 6) is -0.0950. The van der Waals surface area contributed by atoms with Crippen LogP contribution in [0.2, 0.25) is 0 Å². The van der Waals surface area contributed by atoms with Gasteiger partial charge < -0.3 is 15.3 Å². The van der Waals surface area contributed by atoms with Gasteiger partial charge in [-0.1, -0.05) is 0 Å². The first-order chi connectivity index (χ1) is 7.99. The first-order valence-corrected chi connectivity index (χ1v) is 6.22. The number of rotatable bonds is 7. The summed E-state index contributed by atoms with van der Waals surface area (Å²) in [4.78, 5) is 23.8. The Labute approximate surface area is 102 Å². The van der Waals surface area contributed by atoms with Crippen LogP contribution in [0.4, 0.5) is 4.79 Å². The quantitative estimate of drug-likeness (QED) is 0.713. The number of hydrogen-bond donors (Lipinski definition) is 2. The monoisotopic (exact) mass is 242 g/mol. The molecule has 0 aromatic carbocycles. The Bertz CT molecular complexity index is 277. The van der Waals surface area contributed by atoms with Gasteiger partial charge in [-0.25, -0.2) is 4.79 Å². The number of hydrogen-bond acceptors (Lipinski definition) is 2. The third-order valence-electron chi connectivity index (χ3n) is 2.97. The second-order valence-electron chi connectivity index (χ2n) is 4.96. The van der Waals surface area contributed by atoms with Crippen LogP contribution >= 0.6 is 0 Å². The molecule has 5 heteroatoms. The molecule has 1 atom stereocenters. The van der Waals surface area contributed by atoms with Gasteiger partial charge >= 0.3 is 12.0 Å². The van der Waals surface area contributed by atoms with Gasteiger partial charge in [0.15, 0.2) is 0 Å². The Balaban J connectivity index is 2.12. The number of carboxylic acid groups (broad SMARTS) is 1. The summed E-state index contributed by atoms with van der Waals surface area (Å²) in [6.45, 7) is 2.73. The average molecular weight is 242 g/mol. The average Bonchev–Trinajstić information content (AvgIpc) is 3.00. The van der Waals surface area contributed by atoms with E-state index in [1.165, 1.54) is 12.8 Å². The van der Waals surface area contributed by atoms with E-state index in [1.807, 2.05) is 6.92 Å². The third-order valence-corrected chi connectivity index (χ3v) is 2.97. The largest absolute Gasteiger partial charge is 0.481 e. The summed E-state index contributed by atoms with van der Waals surface area (Å²) >= 11 is 0. The lowest BCUT2D eigenvalue weighted by Gasteiger charge is -2.21. The van der Waals surface area contributed by atoms with Crippen molar-refractivity contribution in [2.24, 2.45) is 5.92 Å². The van der Waals surface area contributed by atoms with Gasteiger partial charge in [0.05, 0.1) is 0 Å². The minimum Gasteiger partial charge on any atom is -0.481 e. The van der Waals surface area contributed by atoms with Crippen molar-refractivity contribution in [2.45, 2.75) is 45.1 Å². The van der Waals surface area contributed by atoms with Gasteiger partial charge in [0.1, 0.15) is 0 Å². The van der Waals surface area contributed by atoms with E-state index >= 15 is 0 Å². The van der Waals surface area contributed by atoms with E-state index < -0.39 is 5.97 Å². The Hall–Kier alpha value is -1.26. The number of aliphatic carboxylic acids is 1. The lowest BCUT2D eigenvalue weighted by atomic mass is 10.1. The van der Waals surface area contributed by atoms with Gasteiger partial charge in [-0.05, 0) is 38.5 Å². The number of amides is 2. The molecular formula is C12H22N2O3. The molecule has 17 heavy (non-hydrogen) atoms. The lowest BCUT2D eigenvalue weighted by Crippen LogP contribution is -2.42. The van der Waals surface area contributed by atoms with Crippen LogP contribution in [-0.2, 0) is 4.79 Å². The van der Waals surface area contributed by atoms with Crippen molar-refractivity contribution in [1.29, 1.82) is 0 Å². The third kappa shape index (κ3) is 6.14. The molecule has 1 aliphatic carbocycles. The minimum atomic E-state index is -0.783. The second-order valence-corrected chi connectivity index (χ2v) is 4.96. The predicted molar refractivity (Wildman–Crippen MR) is 64.8 cm³/mol. The van der Waals surface area contributed by atoms with Crippen molar-refractivity contribution in [3.05, 3.63) is 0 Å². The maximum absolute atomic E-state index is 11.7. The van der Waals surface area contributed by atoms with E-state index in [0.29, 0.717) is 18.8 Å². The smallest absolute Gasteiger partial charge is 0.317 e. The number of urea groups is 1. The number of nitrogens with one attached hydrogen (secondary N) is 1. The van der Waals surface area contributed by atoms with Gasteiger partial charge in [-0.3, -0.25) is 4.79 Å². The summed E-state index contributed by atoms with van der Waals surface area (Å²) in [6.07, 6.45) is 3.92. The van der Waals surface area contributed by atoms with Gasteiger partial charge in [-0.2, -0.15) is 0 Å². The van der Waals surface area contributed by atoms with Crippen LogP contribution < -0.4 is 5.32 Å².